The van der Waals surface area contributed by atoms with Crippen molar-refractivity contribution in [3.63, 3.8) is 0 Å². The third-order valence-electron chi connectivity index (χ3n) is 4.39. The zero-order valence-electron chi connectivity index (χ0n) is 8.58. The fourth-order valence-electron chi connectivity index (χ4n) is 3.24. The number of piperazine rings is 1. The van der Waals surface area contributed by atoms with Gasteiger partial charge in [0, 0.05) is 31.2 Å². The number of piperidine rings is 2. The fraction of sp³-hybridized carbons (Fsp3) is 1.00. The highest BCUT2D eigenvalue weighted by molar-refractivity contribution is 4.97. The molecular weight excluding hydrogens is 160 g/mol. The van der Waals surface area contributed by atoms with E-state index in [2.05, 4.69) is 16.8 Å². The molecule has 2 bridgehead atoms. The molecule has 0 aromatic rings. The highest BCUT2D eigenvalue weighted by Crippen LogP contribution is 2.35. The molecule has 0 spiro atoms. The van der Waals surface area contributed by atoms with Crippen molar-refractivity contribution in [1.29, 1.82) is 0 Å². The van der Waals surface area contributed by atoms with Crippen molar-refractivity contribution in [2.45, 2.75) is 50.2 Å². The van der Waals surface area contributed by atoms with Crippen LogP contribution in [0.3, 0.4) is 0 Å². The summed E-state index contributed by atoms with van der Waals surface area (Å²) < 4.78 is 0. The van der Waals surface area contributed by atoms with E-state index in [0.717, 1.165) is 18.1 Å². The van der Waals surface area contributed by atoms with E-state index in [9.17, 15) is 0 Å². The van der Waals surface area contributed by atoms with Gasteiger partial charge >= 0.3 is 0 Å². The lowest BCUT2D eigenvalue weighted by Gasteiger charge is -2.54. The summed E-state index contributed by atoms with van der Waals surface area (Å²) in [6.07, 6.45) is 7.35. The molecule has 3 saturated heterocycles. The molecule has 2 nitrogen and oxygen atoms in total. The average molecular weight is 180 g/mol. The molecule has 1 aliphatic carbocycles. The molecule has 1 saturated carbocycles. The van der Waals surface area contributed by atoms with Crippen molar-refractivity contribution in [1.82, 2.24) is 9.80 Å². The number of rotatable bonds is 1. The molecule has 2 unspecified atom stereocenters. The summed E-state index contributed by atoms with van der Waals surface area (Å²) in [5.41, 5.74) is 0. The molecule has 2 atom stereocenters. The number of nitrogens with zero attached hydrogens (tertiary/aromatic N) is 2. The van der Waals surface area contributed by atoms with E-state index >= 15 is 0 Å². The first-order valence-corrected chi connectivity index (χ1v) is 5.80. The Kier molecular flexibility index (Phi) is 1.88. The third kappa shape index (κ3) is 1.23. The Morgan fingerprint density at radius 1 is 0.846 bits per heavy atom. The van der Waals surface area contributed by atoms with Gasteiger partial charge in [0.15, 0.2) is 0 Å². The summed E-state index contributed by atoms with van der Waals surface area (Å²) in [5.74, 6) is 0. The Balaban J connectivity index is 1.71. The SMILES string of the molecule is CN1CC2CCC1CN2C1CCC1. The topological polar surface area (TPSA) is 6.48 Å². The van der Waals surface area contributed by atoms with E-state index in [4.69, 9.17) is 0 Å². The van der Waals surface area contributed by atoms with Gasteiger partial charge in [-0.05, 0) is 32.7 Å². The molecule has 4 fully saturated rings. The van der Waals surface area contributed by atoms with Gasteiger partial charge in [-0.1, -0.05) is 6.42 Å². The van der Waals surface area contributed by atoms with Gasteiger partial charge in [-0.2, -0.15) is 0 Å². The van der Waals surface area contributed by atoms with Crippen LogP contribution in [-0.2, 0) is 0 Å². The van der Waals surface area contributed by atoms with Gasteiger partial charge in [0.05, 0.1) is 0 Å². The van der Waals surface area contributed by atoms with Gasteiger partial charge in [-0.25, -0.2) is 0 Å². The molecule has 3 aliphatic heterocycles. The van der Waals surface area contributed by atoms with Crippen LogP contribution in [0.5, 0.6) is 0 Å². The fourth-order valence-corrected chi connectivity index (χ4v) is 3.24. The monoisotopic (exact) mass is 180 g/mol. The molecule has 0 radical (unpaired) electrons. The minimum atomic E-state index is 0.880. The van der Waals surface area contributed by atoms with Crippen molar-refractivity contribution in [3.05, 3.63) is 0 Å². The highest BCUT2D eigenvalue weighted by Gasteiger charge is 2.41. The van der Waals surface area contributed by atoms with Crippen LogP contribution >= 0.6 is 0 Å². The summed E-state index contributed by atoms with van der Waals surface area (Å²) in [7, 11) is 2.30. The maximum Gasteiger partial charge on any atom is 0.0227 e. The number of hydrogen-bond donors (Lipinski definition) is 0. The predicted molar refractivity (Wildman–Crippen MR) is 53.8 cm³/mol. The standard InChI is InChI=1S/C11H20N2/c1-12-7-11-6-5-10(12)8-13(11)9-3-2-4-9/h9-11H,2-8H2,1H3. The van der Waals surface area contributed by atoms with Gasteiger partial charge < -0.3 is 4.90 Å². The molecule has 0 N–H and O–H groups in total. The molecule has 0 aromatic heterocycles. The quantitative estimate of drug-likeness (QED) is 0.600. The zero-order valence-corrected chi connectivity index (χ0v) is 8.58. The van der Waals surface area contributed by atoms with Crippen LogP contribution in [0.2, 0.25) is 0 Å². The minimum absolute atomic E-state index is 0.880. The smallest absolute Gasteiger partial charge is 0.0227 e. The first-order valence-electron chi connectivity index (χ1n) is 5.80. The molecule has 4 rings (SSSR count). The predicted octanol–water partition coefficient (Wildman–Crippen LogP) is 1.32. The first kappa shape index (κ1) is 8.25. The lowest BCUT2D eigenvalue weighted by molar-refractivity contribution is -0.0490. The molecule has 13 heavy (non-hydrogen) atoms. The zero-order chi connectivity index (χ0) is 8.84. The van der Waals surface area contributed by atoms with Gasteiger partial charge in [0.2, 0.25) is 0 Å². The number of likely N-dealkylation sites (N-methyl/N-ethyl adjacent to an activating group) is 1. The third-order valence-corrected chi connectivity index (χ3v) is 4.39. The number of hydrogen-bond acceptors (Lipinski definition) is 2. The second kappa shape index (κ2) is 2.96. The largest absolute Gasteiger partial charge is 0.301 e. The summed E-state index contributed by atoms with van der Waals surface area (Å²) in [6.45, 7) is 2.70. The van der Waals surface area contributed by atoms with E-state index in [-0.39, 0.29) is 0 Å². The van der Waals surface area contributed by atoms with Crippen molar-refractivity contribution >= 4 is 0 Å². The molecule has 0 amide bonds. The van der Waals surface area contributed by atoms with Gasteiger partial charge in [-0.3, -0.25) is 4.90 Å². The second-order valence-electron chi connectivity index (χ2n) is 5.11. The maximum atomic E-state index is 2.82. The van der Waals surface area contributed by atoms with Crippen LogP contribution in [0.1, 0.15) is 32.1 Å². The maximum absolute atomic E-state index is 2.82. The Labute approximate surface area is 80.9 Å². The molecular formula is C11H20N2. The van der Waals surface area contributed by atoms with E-state index in [1.807, 2.05) is 0 Å². The minimum Gasteiger partial charge on any atom is -0.301 e. The molecule has 3 heterocycles. The van der Waals surface area contributed by atoms with Crippen LogP contribution in [0.15, 0.2) is 0 Å². The summed E-state index contributed by atoms with van der Waals surface area (Å²) in [4.78, 5) is 5.39. The lowest BCUT2D eigenvalue weighted by Crippen LogP contribution is -2.64. The molecule has 0 aromatic carbocycles. The summed E-state index contributed by atoms with van der Waals surface area (Å²) in [5, 5.41) is 0. The Bertz CT molecular complexity index is 200. The van der Waals surface area contributed by atoms with Crippen LogP contribution in [-0.4, -0.2) is 48.1 Å². The van der Waals surface area contributed by atoms with Crippen molar-refractivity contribution in [2.24, 2.45) is 0 Å². The molecule has 4 aliphatic rings. The highest BCUT2D eigenvalue weighted by atomic mass is 15.3. The van der Waals surface area contributed by atoms with Crippen LogP contribution in [0, 0.1) is 0 Å². The van der Waals surface area contributed by atoms with E-state index in [1.165, 1.54) is 45.2 Å². The Morgan fingerprint density at radius 2 is 1.62 bits per heavy atom. The van der Waals surface area contributed by atoms with Crippen LogP contribution in [0.25, 0.3) is 0 Å². The summed E-state index contributed by atoms with van der Waals surface area (Å²) in [6, 6.07) is 2.76. The normalized spacial score (nSPS) is 42.2. The Hall–Kier alpha value is -0.0800. The Morgan fingerprint density at radius 3 is 2.08 bits per heavy atom. The van der Waals surface area contributed by atoms with Crippen molar-refractivity contribution in [3.8, 4) is 0 Å². The second-order valence-corrected chi connectivity index (χ2v) is 5.11. The van der Waals surface area contributed by atoms with Gasteiger partial charge in [0.25, 0.3) is 0 Å². The van der Waals surface area contributed by atoms with Gasteiger partial charge in [-0.15, -0.1) is 0 Å². The number of fused-ring (bicyclic) bond motifs is 3. The van der Waals surface area contributed by atoms with Gasteiger partial charge in [0.1, 0.15) is 0 Å². The molecule has 2 heteroatoms. The van der Waals surface area contributed by atoms with E-state index in [0.29, 0.717) is 0 Å². The summed E-state index contributed by atoms with van der Waals surface area (Å²) >= 11 is 0. The van der Waals surface area contributed by atoms with Crippen LogP contribution in [0.4, 0.5) is 0 Å². The van der Waals surface area contributed by atoms with E-state index < -0.39 is 0 Å². The first-order chi connectivity index (χ1) is 6.34. The molecule has 74 valence electrons. The lowest BCUT2D eigenvalue weighted by atomic mass is 9.84. The van der Waals surface area contributed by atoms with Crippen LogP contribution < -0.4 is 0 Å². The average Bonchev–Trinajstić information content (AvgIpc) is 2.03. The van der Waals surface area contributed by atoms with Crippen molar-refractivity contribution < 1.29 is 0 Å². The van der Waals surface area contributed by atoms with Crippen molar-refractivity contribution in [2.75, 3.05) is 20.1 Å². The van der Waals surface area contributed by atoms with E-state index in [1.54, 1.807) is 0 Å².